The van der Waals surface area contributed by atoms with Crippen LogP contribution in [0.3, 0.4) is 0 Å². The summed E-state index contributed by atoms with van der Waals surface area (Å²) in [4.78, 5) is 33.1. The third kappa shape index (κ3) is 4.01. The van der Waals surface area contributed by atoms with Gasteiger partial charge in [0.15, 0.2) is 0 Å². The Morgan fingerprint density at radius 2 is 1.86 bits per heavy atom. The van der Waals surface area contributed by atoms with E-state index in [2.05, 4.69) is 21.9 Å². The van der Waals surface area contributed by atoms with Crippen LogP contribution < -0.4 is 10.9 Å². The predicted molar refractivity (Wildman–Crippen MR) is 110 cm³/mol. The number of anilines is 1. The van der Waals surface area contributed by atoms with E-state index >= 15 is 0 Å². The van der Waals surface area contributed by atoms with Gasteiger partial charge in [-0.05, 0) is 67.4 Å². The van der Waals surface area contributed by atoms with Gasteiger partial charge in [-0.2, -0.15) is 0 Å². The van der Waals surface area contributed by atoms with E-state index < -0.39 is 0 Å². The molecule has 1 atom stereocenters. The van der Waals surface area contributed by atoms with Gasteiger partial charge < -0.3 is 15.2 Å². The molecule has 2 aromatic heterocycles. The first-order valence-corrected chi connectivity index (χ1v) is 9.96. The quantitative estimate of drug-likeness (QED) is 0.758. The lowest BCUT2D eigenvalue weighted by molar-refractivity contribution is -0.127. The van der Waals surface area contributed by atoms with Crippen LogP contribution in [-0.4, -0.2) is 39.9 Å². The highest BCUT2D eigenvalue weighted by atomic mass is 16.2. The topological polar surface area (TPSA) is 78.1 Å². The number of H-pyrrole nitrogens is 1. The lowest BCUT2D eigenvalue weighted by Crippen LogP contribution is -2.43. The number of hydrogen-bond acceptors (Lipinski definition) is 4. The van der Waals surface area contributed by atoms with Crippen LogP contribution in [0.5, 0.6) is 0 Å². The molecule has 1 saturated carbocycles. The molecule has 146 valence electrons. The van der Waals surface area contributed by atoms with E-state index in [1.54, 1.807) is 18.6 Å². The maximum atomic E-state index is 12.4. The molecule has 4 rings (SSSR count). The monoisotopic (exact) mass is 378 g/mol. The number of likely N-dealkylation sites (tertiary alicyclic amines) is 1. The van der Waals surface area contributed by atoms with Gasteiger partial charge in [0, 0.05) is 43.3 Å². The Morgan fingerprint density at radius 1 is 1.18 bits per heavy atom. The summed E-state index contributed by atoms with van der Waals surface area (Å²) in [5.74, 6) is 1.08. The Labute approximate surface area is 164 Å². The number of pyridine rings is 2. The fraction of sp³-hybridized carbons (Fsp3) is 0.409. The molecule has 2 aromatic rings. The first kappa shape index (κ1) is 18.5. The van der Waals surface area contributed by atoms with Crippen LogP contribution >= 0.6 is 0 Å². The number of amides is 1. The fourth-order valence-electron chi connectivity index (χ4n) is 4.17. The molecule has 2 fully saturated rings. The minimum absolute atomic E-state index is 0.0101. The summed E-state index contributed by atoms with van der Waals surface area (Å²) in [6.07, 6.45) is 10.9. The molecule has 0 spiro atoms. The van der Waals surface area contributed by atoms with Gasteiger partial charge in [0.1, 0.15) is 5.69 Å². The molecule has 2 aliphatic rings. The molecule has 0 radical (unpaired) electrons. The predicted octanol–water partition coefficient (Wildman–Crippen LogP) is 3.05. The fourth-order valence-corrected chi connectivity index (χ4v) is 4.17. The highest BCUT2D eigenvalue weighted by Crippen LogP contribution is 2.40. The van der Waals surface area contributed by atoms with E-state index in [0.717, 1.165) is 37.1 Å². The molecule has 1 aliphatic heterocycles. The molecule has 1 saturated heterocycles. The Balaban J connectivity index is 1.51. The summed E-state index contributed by atoms with van der Waals surface area (Å²) in [5.41, 5.74) is 2.51. The van der Waals surface area contributed by atoms with Gasteiger partial charge in [-0.3, -0.25) is 14.6 Å². The van der Waals surface area contributed by atoms with Gasteiger partial charge >= 0.3 is 0 Å². The average Bonchev–Trinajstić information content (AvgIpc) is 3.58. The van der Waals surface area contributed by atoms with Gasteiger partial charge in [0.05, 0.1) is 0 Å². The molecule has 6 nitrogen and oxygen atoms in total. The second-order valence-electron chi connectivity index (χ2n) is 7.74. The standard InChI is InChI=1S/C22H26N4O2/c1-2-20(27)26-11-7-17(8-12-26)21(16-3-4-16)25-19-13-18(14-24-22(19)28)15-5-9-23-10-6-15/h2,5-6,9-10,13-14,16-17,21,25H,1,3-4,7-8,11-12H2,(H,24,28). The van der Waals surface area contributed by atoms with Crippen LogP contribution in [0.1, 0.15) is 25.7 Å². The number of piperidine rings is 1. The van der Waals surface area contributed by atoms with Crippen molar-refractivity contribution in [2.45, 2.75) is 31.7 Å². The summed E-state index contributed by atoms with van der Waals surface area (Å²) in [6, 6.07) is 6.07. The number of carbonyl (C=O) groups is 1. The molecule has 1 aliphatic carbocycles. The Kier molecular flexibility index (Phi) is 5.28. The number of nitrogens with zero attached hydrogens (tertiary/aromatic N) is 2. The number of aromatic amines is 1. The third-order valence-electron chi connectivity index (χ3n) is 5.90. The largest absolute Gasteiger partial charge is 0.377 e. The second-order valence-corrected chi connectivity index (χ2v) is 7.74. The molecule has 6 heteroatoms. The van der Waals surface area contributed by atoms with Crippen LogP contribution in [0.2, 0.25) is 0 Å². The normalized spacial score (nSPS) is 18.5. The Hall–Kier alpha value is -2.89. The molecule has 1 unspecified atom stereocenters. The maximum absolute atomic E-state index is 12.4. The molecule has 28 heavy (non-hydrogen) atoms. The number of nitrogens with one attached hydrogen (secondary N) is 2. The van der Waals surface area contributed by atoms with Crippen molar-refractivity contribution in [1.29, 1.82) is 0 Å². The van der Waals surface area contributed by atoms with Crippen molar-refractivity contribution in [3.05, 3.63) is 59.8 Å². The minimum atomic E-state index is -0.0947. The molecule has 1 amide bonds. The van der Waals surface area contributed by atoms with Crippen molar-refractivity contribution in [2.75, 3.05) is 18.4 Å². The van der Waals surface area contributed by atoms with Crippen LogP contribution in [0.15, 0.2) is 54.2 Å². The van der Waals surface area contributed by atoms with Gasteiger partial charge in [0.25, 0.3) is 5.56 Å². The SMILES string of the molecule is C=CC(=O)N1CCC(C(Nc2cc(-c3ccncc3)c[nH]c2=O)C2CC2)CC1. The summed E-state index contributed by atoms with van der Waals surface area (Å²) in [5, 5.41) is 3.56. The molecule has 0 bridgehead atoms. The van der Waals surface area contributed by atoms with E-state index in [1.165, 1.54) is 18.9 Å². The zero-order chi connectivity index (χ0) is 19.5. The summed E-state index contributed by atoms with van der Waals surface area (Å²) < 4.78 is 0. The average molecular weight is 378 g/mol. The van der Waals surface area contributed by atoms with Crippen molar-refractivity contribution in [2.24, 2.45) is 11.8 Å². The highest BCUT2D eigenvalue weighted by Gasteiger charge is 2.38. The van der Waals surface area contributed by atoms with Crippen LogP contribution in [-0.2, 0) is 4.79 Å². The molecular formula is C22H26N4O2. The van der Waals surface area contributed by atoms with Gasteiger partial charge in [-0.1, -0.05) is 6.58 Å². The van der Waals surface area contributed by atoms with Crippen molar-refractivity contribution < 1.29 is 4.79 Å². The van der Waals surface area contributed by atoms with Crippen LogP contribution in [0, 0.1) is 11.8 Å². The van der Waals surface area contributed by atoms with E-state index in [-0.39, 0.29) is 17.5 Å². The van der Waals surface area contributed by atoms with Gasteiger partial charge in [0.2, 0.25) is 5.91 Å². The first-order chi connectivity index (χ1) is 13.7. The Morgan fingerprint density at radius 3 is 2.50 bits per heavy atom. The van der Waals surface area contributed by atoms with Crippen molar-refractivity contribution >= 4 is 11.6 Å². The zero-order valence-corrected chi connectivity index (χ0v) is 15.9. The van der Waals surface area contributed by atoms with Crippen molar-refractivity contribution in [1.82, 2.24) is 14.9 Å². The molecule has 2 N–H and O–H groups in total. The highest BCUT2D eigenvalue weighted by molar-refractivity contribution is 5.87. The smallest absolute Gasteiger partial charge is 0.271 e. The maximum Gasteiger partial charge on any atom is 0.271 e. The molecule has 3 heterocycles. The number of hydrogen-bond donors (Lipinski definition) is 2. The summed E-state index contributed by atoms with van der Waals surface area (Å²) in [6.45, 7) is 5.10. The van der Waals surface area contributed by atoms with Gasteiger partial charge in [-0.15, -0.1) is 0 Å². The number of carbonyl (C=O) groups excluding carboxylic acids is 1. The lowest BCUT2D eigenvalue weighted by Gasteiger charge is -2.36. The Bertz CT molecular complexity index is 896. The molecule has 0 aromatic carbocycles. The second kappa shape index (κ2) is 8.00. The lowest BCUT2D eigenvalue weighted by atomic mass is 9.86. The van der Waals surface area contributed by atoms with Gasteiger partial charge in [-0.25, -0.2) is 0 Å². The minimum Gasteiger partial charge on any atom is -0.377 e. The number of aromatic nitrogens is 2. The van der Waals surface area contributed by atoms with E-state index in [0.29, 0.717) is 17.5 Å². The van der Waals surface area contributed by atoms with E-state index in [9.17, 15) is 9.59 Å². The van der Waals surface area contributed by atoms with Crippen molar-refractivity contribution in [3.63, 3.8) is 0 Å². The van der Waals surface area contributed by atoms with E-state index in [4.69, 9.17) is 0 Å². The van der Waals surface area contributed by atoms with Crippen molar-refractivity contribution in [3.8, 4) is 11.1 Å². The molecular weight excluding hydrogens is 352 g/mol. The van der Waals surface area contributed by atoms with E-state index in [1.807, 2.05) is 23.1 Å². The number of rotatable bonds is 6. The first-order valence-electron chi connectivity index (χ1n) is 9.96. The summed E-state index contributed by atoms with van der Waals surface area (Å²) in [7, 11) is 0. The van der Waals surface area contributed by atoms with Crippen LogP contribution in [0.4, 0.5) is 5.69 Å². The summed E-state index contributed by atoms with van der Waals surface area (Å²) >= 11 is 0. The third-order valence-corrected chi connectivity index (χ3v) is 5.90. The van der Waals surface area contributed by atoms with Crippen LogP contribution in [0.25, 0.3) is 11.1 Å². The zero-order valence-electron chi connectivity index (χ0n) is 15.9.